The Balaban J connectivity index is 2.46. The number of hydrogen-bond donors (Lipinski definition) is 2. The molecule has 14 heavy (non-hydrogen) atoms. The van der Waals surface area contributed by atoms with Crippen molar-refractivity contribution in [3.63, 3.8) is 0 Å². The monoisotopic (exact) mass is 195 g/mol. The Labute approximate surface area is 84.4 Å². The number of nitrogens with zero attached hydrogens (tertiary/aromatic N) is 1. The van der Waals surface area contributed by atoms with E-state index in [1.807, 2.05) is 25.1 Å². The van der Waals surface area contributed by atoms with Crippen LogP contribution in [0.2, 0.25) is 0 Å². The van der Waals surface area contributed by atoms with Crippen molar-refractivity contribution in [2.75, 3.05) is 6.61 Å². The van der Waals surface area contributed by atoms with E-state index in [2.05, 4.69) is 4.98 Å². The second-order valence-corrected chi connectivity index (χ2v) is 3.62. The Hall–Kier alpha value is -0.930. The van der Waals surface area contributed by atoms with Gasteiger partial charge in [0.15, 0.2) is 0 Å². The zero-order valence-electron chi connectivity index (χ0n) is 8.43. The van der Waals surface area contributed by atoms with Crippen molar-refractivity contribution >= 4 is 0 Å². The van der Waals surface area contributed by atoms with Crippen LogP contribution in [0.5, 0.6) is 0 Å². The molecule has 0 aliphatic carbocycles. The molecule has 78 valence electrons. The summed E-state index contributed by atoms with van der Waals surface area (Å²) in [6, 6.07) is 5.51. The maximum atomic E-state index is 9.77. The number of aliphatic hydroxyl groups is 2. The Bertz CT molecular complexity index is 251. The van der Waals surface area contributed by atoms with Crippen molar-refractivity contribution in [2.24, 2.45) is 5.92 Å². The lowest BCUT2D eigenvalue weighted by molar-refractivity contribution is 0.133. The highest BCUT2D eigenvalue weighted by molar-refractivity contribution is 5.06. The third kappa shape index (κ3) is 3.44. The minimum atomic E-state index is -0.516. The van der Waals surface area contributed by atoms with Gasteiger partial charge >= 0.3 is 0 Å². The molecule has 1 rings (SSSR count). The van der Waals surface area contributed by atoms with Crippen LogP contribution >= 0.6 is 0 Å². The lowest BCUT2D eigenvalue weighted by Crippen LogP contribution is -2.07. The van der Waals surface area contributed by atoms with E-state index in [1.54, 1.807) is 6.20 Å². The van der Waals surface area contributed by atoms with Crippen LogP contribution in [0.25, 0.3) is 0 Å². The molecule has 0 saturated carbocycles. The van der Waals surface area contributed by atoms with Gasteiger partial charge in [-0.1, -0.05) is 13.0 Å². The summed E-state index contributed by atoms with van der Waals surface area (Å²) in [6.07, 6.45) is 2.54. The lowest BCUT2D eigenvalue weighted by Gasteiger charge is -2.14. The summed E-state index contributed by atoms with van der Waals surface area (Å²) in [7, 11) is 0. The van der Waals surface area contributed by atoms with Gasteiger partial charge in [0.05, 0.1) is 11.8 Å². The van der Waals surface area contributed by atoms with E-state index >= 15 is 0 Å². The van der Waals surface area contributed by atoms with Gasteiger partial charge < -0.3 is 10.2 Å². The quantitative estimate of drug-likeness (QED) is 0.749. The predicted octanol–water partition coefficient (Wildman–Crippen LogP) is 1.52. The maximum Gasteiger partial charge on any atom is 0.0962 e. The molecule has 1 heterocycles. The molecule has 0 fully saturated rings. The highest BCUT2D eigenvalue weighted by Crippen LogP contribution is 2.20. The van der Waals surface area contributed by atoms with Crippen LogP contribution in [0.15, 0.2) is 24.4 Å². The molecule has 0 bridgehead atoms. The molecule has 2 atom stereocenters. The fraction of sp³-hybridized carbons (Fsp3) is 0.545. The summed E-state index contributed by atoms with van der Waals surface area (Å²) < 4.78 is 0. The van der Waals surface area contributed by atoms with Crippen LogP contribution in [-0.4, -0.2) is 21.8 Å². The van der Waals surface area contributed by atoms with Gasteiger partial charge in [-0.3, -0.25) is 4.98 Å². The van der Waals surface area contributed by atoms with Crippen molar-refractivity contribution in [3.05, 3.63) is 30.1 Å². The standard InChI is InChI=1S/C11H17NO2/c1-9(5-7-13)8-11(14)10-4-2-3-6-12-10/h2-4,6,9,11,13-14H,5,7-8H2,1H3/t9-,11?/m1/s1. The van der Waals surface area contributed by atoms with Gasteiger partial charge in [0.25, 0.3) is 0 Å². The van der Waals surface area contributed by atoms with Crippen LogP contribution in [0.1, 0.15) is 31.6 Å². The van der Waals surface area contributed by atoms with Gasteiger partial charge in [0.2, 0.25) is 0 Å². The molecule has 0 spiro atoms. The first-order valence-electron chi connectivity index (χ1n) is 4.94. The summed E-state index contributed by atoms with van der Waals surface area (Å²) >= 11 is 0. The van der Waals surface area contributed by atoms with Crippen molar-refractivity contribution in [1.29, 1.82) is 0 Å². The fourth-order valence-electron chi connectivity index (χ4n) is 1.41. The Morgan fingerprint density at radius 1 is 1.43 bits per heavy atom. The van der Waals surface area contributed by atoms with Gasteiger partial charge in [-0.25, -0.2) is 0 Å². The zero-order chi connectivity index (χ0) is 10.4. The van der Waals surface area contributed by atoms with Crippen molar-refractivity contribution < 1.29 is 10.2 Å². The first-order chi connectivity index (χ1) is 6.74. The van der Waals surface area contributed by atoms with E-state index in [4.69, 9.17) is 5.11 Å². The summed E-state index contributed by atoms with van der Waals surface area (Å²) in [5.74, 6) is 0.317. The number of pyridine rings is 1. The molecule has 0 aliphatic heterocycles. The fourth-order valence-corrected chi connectivity index (χ4v) is 1.41. The van der Waals surface area contributed by atoms with E-state index in [9.17, 15) is 5.11 Å². The van der Waals surface area contributed by atoms with E-state index < -0.39 is 6.10 Å². The summed E-state index contributed by atoms with van der Waals surface area (Å²) in [5, 5.41) is 18.5. The van der Waals surface area contributed by atoms with Crippen LogP contribution in [0, 0.1) is 5.92 Å². The van der Waals surface area contributed by atoms with Crippen molar-refractivity contribution in [2.45, 2.75) is 25.9 Å². The largest absolute Gasteiger partial charge is 0.396 e. The summed E-state index contributed by atoms with van der Waals surface area (Å²) in [5.41, 5.74) is 0.706. The van der Waals surface area contributed by atoms with E-state index in [0.717, 1.165) is 6.42 Å². The van der Waals surface area contributed by atoms with Crippen LogP contribution in [-0.2, 0) is 0 Å². The average Bonchev–Trinajstić information content (AvgIpc) is 2.19. The summed E-state index contributed by atoms with van der Waals surface area (Å²) in [4.78, 5) is 4.08. The van der Waals surface area contributed by atoms with Gasteiger partial charge in [-0.15, -0.1) is 0 Å². The number of rotatable bonds is 5. The minimum absolute atomic E-state index is 0.177. The van der Waals surface area contributed by atoms with Gasteiger partial charge in [-0.2, -0.15) is 0 Å². The molecule has 0 aliphatic rings. The minimum Gasteiger partial charge on any atom is -0.396 e. The molecule has 2 N–H and O–H groups in total. The number of aliphatic hydroxyl groups excluding tert-OH is 2. The van der Waals surface area contributed by atoms with Gasteiger partial charge in [0, 0.05) is 12.8 Å². The molecule has 0 amide bonds. The molecule has 1 aromatic heterocycles. The van der Waals surface area contributed by atoms with Crippen LogP contribution in [0.3, 0.4) is 0 Å². The van der Waals surface area contributed by atoms with Gasteiger partial charge in [0.1, 0.15) is 0 Å². The van der Waals surface area contributed by atoms with Crippen molar-refractivity contribution in [1.82, 2.24) is 4.98 Å². The van der Waals surface area contributed by atoms with E-state index in [0.29, 0.717) is 18.0 Å². The zero-order valence-corrected chi connectivity index (χ0v) is 8.43. The topological polar surface area (TPSA) is 53.4 Å². The average molecular weight is 195 g/mol. The molecule has 3 heteroatoms. The van der Waals surface area contributed by atoms with Crippen LogP contribution < -0.4 is 0 Å². The Morgan fingerprint density at radius 3 is 2.79 bits per heavy atom. The van der Waals surface area contributed by atoms with E-state index in [1.165, 1.54) is 0 Å². The predicted molar refractivity (Wildman–Crippen MR) is 54.7 cm³/mol. The third-order valence-electron chi connectivity index (χ3n) is 2.28. The number of aromatic nitrogens is 1. The number of hydrogen-bond acceptors (Lipinski definition) is 3. The second kappa shape index (κ2) is 5.73. The smallest absolute Gasteiger partial charge is 0.0962 e. The molecule has 1 aromatic rings. The molecular weight excluding hydrogens is 178 g/mol. The molecule has 0 radical (unpaired) electrons. The molecular formula is C11H17NO2. The van der Waals surface area contributed by atoms with Crippen molar-refractivity contribution in [3.8, 4) is 0 Å². The second-order valence-electron chi connectivity index (χ2n) is 3.62. The highest BCUT2D eigenvalue weighted by Gasteiger charge is 2.12. The van der Waals surface area contributed by atoms with Crippen LogP contribution in [0.4, 0.5) is 0 Å². The maximum absolute atomic E-state index is 9.77. The van der Waals surface area contributed by atoms with E-state index in [-0.39, 0.29) is 6.61 Å². The molecule has 0 aromatic carbocycles. The Kier molecular flexibility index (Phi) is 4.56. The molecule has 1 unspecified atom stereocenters. The lowest BCUT2D eigenvalue weighted by atomic mass is 9.99. The molecule has 3 nitrogen and oxygen atoms in total. The first kappa shape index (κ1) is 11.1. The molecule has 0 saturated heterocycles. The first-order valence-corrected chi connectivity index (χ1v) is 4.94. The van der Waals surface area contributed by atoms with Gasteiger partial charge in [-0.05, 0) is 30.9 Å². The SMILES string of the molecule is C[C@H](CCO)CC(O)c1ccccn1. The highest BCUT2D eigenvalue weighted by atomic mass is 16.3. The third-order valence-corrected chi connectivity index (χ3v) is 2.28. The Morgan fingerprint density at radius 2 is 2.21 bits per heavy atom. The summed E-state index contributed by atoms with van der Waals surface area (Å²) in [6.45, 7) is 2.19. The normalized spacial score (nSPS) is 15.1.